The Morgan fingerprint density at radius 3 is 1.76 bits per heavy atom. The van der Waals surface area contributed by atoms with E-state index in [1.807, 2.05) is 6.07 Å². The second-order valence-electron chi connectivity index (χ2n) is 9.88. The van der Waals surface area contributed by atoms with Gasteiger partial charge in [-0.25, -0.2) is 9.97 Å². The molecule has 0 saturated heterocycles. The van der Waals surface area contributed by atoms with Crippen LogP contribution in [0.15, 0.2) is 115 Å². The van der Waals surface area contributed by atoms with Crippen LogP contribution in [-0.2, 0) is 6.42 Å². The molecule has 0 spiro atoms. The quantitative estimate of drug-likeness (QED) is 0.240. The predicted octanol–water partition coefficient (Wildman–Crippen LogP) is 9.48. The summed E-state index contributed by atoms with van der Waals surface area (Å²) in [6.07, 6.45) is 1.01. The van der Waals surface area contributed by atoms with Gasteiger partial charge in [0.2, 0.25) is 0 Å². The molecule has 0 radical (unpaired) electrons. The van der Waals surface area contributed by atoms with Crippen molar-refractivity contribution >= 4 is 10.8 Å². The number of nitrogens with zero attached hydrogens (tertiary/aromatic N) is 2. The molecule has 6 rings (SSSR count). The van der Waals surface area contributed by atoms with E-state index in [4.69, 9.17) is 9.97 Å². The Kier molecular flexibility index (Phi) is 6.31. The fourth-order valence-corrected chi connectivity index (χ4v) is 5.14. The molecule has 0 saturated carbocycles. The molecule has 0 aliphatic rings. The molecule has 5 aromatic carbocycles. The zero-order valence-corrected chi connectivity index (χ0v) is 22.1. The molecule has 0 amide bonds. The van der Waals surface area contributed by atoms with Crippen LogP contribution >= 0.6 is 0 Å². The number of hydrogen-bond donors (Lipinski definition) is 0. The van der Waals surface area contributed by atoms with Crippen molar-refractivity contribution < 1.29 is 0 Å². The second-order valence-corrected chi connectivity index (χ2v) is 9.88. The zero-order chi connectivity index (χ0) is 26.1. The van der Waals surface area contributed by atoms with Crippen LogP contribution in [0.5, 0.6) is 0 Å². The summed E-state index contributed by atoms with van der Waals surface area (Å²) in [5, 5.41) is 2.46. The summed E-state index contributed by atoms with van der Waals surface area (Å²) >= 11 is 0. The first-order valence-corrected chi connectivity index (χ1v) is 13.2. The van der Waals surface area contributed by atoms with E-state index in [-0.39, 0.29) is 0 Å². The van der Waals surface area contributed by atoms with Gasteiger partial charge < -0.3 is 0 Å². The number of rotatable bonds is 5. The van der Waals surface area contributed by atoms with E-state index in [9.17, 15) is 0 Å². The monoisotopic (exact) mass is 490 g/mol. The minimum absolute atomic E-state index is 0.753. The van der Waals surface area contributed by atoms with Crippen LogP contribution in [-0.4, -0.2) is 9.97 Å². The average Bonchev–Trinajstić information content (AvgIpc) is 2.98. The van der Waals surface area contributed by atoms with E-state index < -0.39 is 0 Å². The number of benzene rings is 5. The van der Waals surface area contributed by atoms with E-state index in [0.717, 1.165) is 45.9 Å². The molecule has 2 heteroatoms. The molecular formula is C36H30N2. The zero-order valence-electron chi connectivity index (χ0n) is 22.1. The van der Waals surface area contributed by atoms with Gasteiger partial charge in [0.15, 0.2) is 5.82 Å². The molecule has 0 fully saturated rings. The SMILES string of the molecule is CCc1ccc(-c2nc(-c3ccc(-c4ccccc4)cc3)c(C)c(-c3cc4ccccc4cc3C)n2)cc1. The first-order chi connectivity index (χ1) is 18.6. The van der Waals surface area contributed by atoms with Gasteiger partial charge in [0.1, 0.15) is 0 Å². The summed E-state index contributed by atoms with van der Waals surface area (Å²) in [6.45, 7) is 6.50. The highest BCUT2D eigenvalue weighted by molar-refractivity contribution is 5.90. The van der Waals surface area contributed by atoms with Gasteiger partial charge in [0.05, 0.1) is 11.4 Å². The van der Waals surface area contributed by atoms with Gasteiger partial charge in [-0.1, -0.05) is 116 Å². The molecule has 0 N–H and O–H groups in total. The summed E-state index contributed by atoms with van der Waals surface area (Å²) in [7, 11) is 0. The molecule has 0 atom stereocenters. The standard InChI is InChI=1S/C36H30N2/c1-4-26-14-16-30(17-15-26)36-37-34(29-20-18-28(19-21-29)27-10-6-5-7-11-27)25(3)35(38-36)33-23-32-13-9-8-12-31(32)22-24(33)2/h5-23H,4H2,1-3H3. The average molecular weight is 491 g/mol. The molecule has 1 heterocycles. The van der Waals surface area contributed by atoms with Gasteiger partial charge in [-0.2, -0.15) is 0 Å². The summed E-state index contributed by atoms with van der Waals surface area (Å²) in [5.41, 5.74) is 11.2. The number of aryl methyl sites for hydroxylation is 2. The molecule has 2 nitrogen and oxygen atoms in total. The predicted molar refractivity (Wildman–Crippen MR) is 160 cm³/mol. The minimum atomic E-state index is 0.753. The normalized spacial score (nSPS) is 11.1. The van der Waals surface area contributed by atoms with Gasteiger partial charge in [-0.05, 0) is 59.4 Å². The highest BCUT2D eigenvalue weighted by Gasteiger charge is 2.17. The van der Waals surface area contributed by atoms with Crippen molar-refractivity contribution in [3.63, 3.8) is 0 Å². The molecule has 38 heavy (non-hydrogen) atoms. The Balaban J connectivity index is 1.54. The van der Waals surface area contributed by atoms with Crippen LogP contribution in [0.25, 0.3) is 55.8 Å². The lowest BCUT2D eigenvalue weighted by Gasteiger charge is -2.16. The van der Waals surface area contributed by atoms with Crippen LogP contribution in [0, 0.1) is 13.8 Å². The molecule has 0 unspecified atom stereocenters. The fraction of sp³-hybridized carbons (Fsp3) is 0.111. The van der Waals surface area contributed by atoms with Crippen molar-refractivity contribution in [1.82, 2.24) is 9.97 Å². The maximum Gasteiger partial charge on any atom is 0.160 e. The molecule has 0 aliphatic heterocycles. The van der Waals surface area contributed by atoms with E-state index in [1.54, 1.807) is 0 Å². The third kappa shape index (κ3) is 4.50. The molecule has 0 bridgehead atoms. The first kappa shape index (κ1) is 23.8. The van der Waals surface area contributed by atoms with Crippen molar-refractivity contribution in [3.8, 4) is 45.0 Å². The van der Waals surface area contributed by atoms with Gasteiger partial charge in [-0.3, -0.25) is 0 Å². The van der Waals surface area contributed by atoms with E-state index in [1.165, 1.54) is 33.0 Å². The Bertz CT molecular complexity index is 1730. The highest BCUT2D eigenvalue weighted by atomic mass is 14.9. The largest absolute Gasteiger partial charge is 0.228 e. The molecule has 6 aromatic rings. The topological polar surface area (TPSA) is 25.8 Å². The number of hydrogen-bond acceptors (Lipinski definition) is 2. The van der Waals surface area contributed by atoms with Gasteiger partial charge in [0.25, 0.3) is 0 Å². The van der Waals surface area contributed by atoms with Crippen LogP contribution < -0.4 is 0 Å². The first-order valence-electron chi connectivity index (χ1n) is 13.2. The van der Waals surface area contributed by atoms with Crippen molar-refractivity contribution in [1.29, 1.82) is 0 Å². The maximum atomic E-state index is 5.18. The van der Waals surface area contributed by atoms with Crippen LogP contribution in [0.1, 0.15) is 23.6 Å². The molecule has 1 aromatic heterocycles. The number of fused-ring (bicyclic) bond motifs is 1. The Morgan fingerprint density at radius 2 is 1.08 bits per heavy atom. The van der Waals surface area contributed by atoms with Crippen molar-refractivity contribution in [2.75, 3.05) is 0 Å². The lowest BCUT2D eigenvalue weighted by molar-refractivity contribution is 1.13. The van der Waals surface area contributed by atoms with Crippen molar-refractivity contribution in [2.24, 2.45) is 0 Å². The molecule has 184 valence electrons. The number of aromatic nitrogens is 2. The summed E-state index contributed by atoms with van der Waals surface area (Å²) < 4.78 is 0. The second kappa shape index (κ2) is 10.1. The Hall–Kier alpha value is -4.56. The van der Waals surface area contributed by atoms with Crippen molar-refractivity contribution in [3.05, 3.63) is 132 Å². The van der Waals surface area contributed by atoms with Crippen molar-refractivity contribution in [2.45, 2.75) is 27.2 Å². The molecular weight excluding hydrogens is 460 g/mol. The van der Waals surface area contributed by atoms with E-state index >= 15 is 0 Å². The summed E-state index contributed by atoms with van der Waals surface area (Å²) in [4.78, 5) is 10.3. The van der Waals surface area contributed by atoms with Gasteiger partial charge >= 0.3 is 0 Å². The minimum Gasteiger partial charge on any atom is -0.228 e. The third-order valence-corrected chi connectivity index (χ3v) is 7.38. The smallest absolute Gasteiger partial charge is 0.160 e. The highest BCUT2D eigenvalue weighted by Crippen LogP contribution is 2.36. The van der Waals surface area contributed by atoms with E-state index in [2.05, 4.69) is 130 Å². The Morgan fingerprint density at radius 1 is 0.526 bits per heavy atom. The fourth-order valence-electron chi connectivity index (χ4n) is 5.14. The Labute approximate surface area is 224 Å². The van der Waals surface area contributed by atoms with Crippen LogP contribution in [0.2, 0.25) is 0 Å². The maximum absolute atomic E-state index is 5.18. The van der Waals surface area contributed by atoms with Gasteiger partial charge in [-0.15, -0.1) is 0 Å². The molecule has 0 aliphatic carbocycles. The lowest BCUT2D eigenvalue weighted by Crippen LogP contribution is -2.01. The lowest BCUT2D eigenvalue weighted by atomic mass is 9.94. The van der Waals surface area contributed by atoms with E-state index in [0.29, 0.717) is 0 Å². The summed E-state index contributed by atoms with van der Waals surface area (Å²) in [5.74, 6) is 0.753. The van der Waals surface area contributed by atoms with Crippen LogP contribution in [0.4, 0.5) is 0 Å². The van der Waals surface area contributed by atoms with Crippen LogP contribution in [0.3, 0.4) is 0 Å². The van der Waals surface area contributed by atoms with Gasteiger partial charge in [0, 0.05) is 22.3 Å². The summed E-state index contributed by atoms with van der Waals surface area (Å²) in [6, 6.07) is 40.9. The third-order valence-electron chi connectivity index (χ3n) is 7.38.